The predicted molar refractivity (Wildman–Crippen MR) is 110 cm³/mol. The average molecular weight is 447 g/mol. The summed E-state index contributed by atoms with van der Waals surface area (Å²) in [7, 11) is 1.32. The minimum absolute atomic E-state index is 0.153. The first-order valence-corrected chi connectivity index (χ1v) is 10.9. The Hall–Kier alpha value is -1.33. The molecule has 3 rings (SSSR count). The van der Waals surface area contributed by atoms with Crippen LogP contribution in [-0.2, 0) is 23.7 Å². The summed E-state index contributed by atoms with van der Waals surface area (Å²) in [4.78, 5) is 20.2. The molecule has 162 valence electrons. The molecular formula is C18H27ClN4O5S. The Kier molecular flexibility index (Phi) is 7.10. The maximum absolute atomic E-state index is 11.5. The molecule has 0 bridgehead atoms. The van der Waals surface area contributed by atoms with Gasteiger partial charge in [0.05, 0.1) is 19.3 Å². The lowest BCUT2D eigenvalue weighted by Crippen LogP contribution is -2.35. The average Bonchev–Trinajstić information content (AvgIpc) is 3.15. The molecule has 4 unspecified atom stereocenters. The van der Waals surface area contributed by atoms with Crippen molar-refractivity contribution in [1.82, 2.24) is 9.97 Å². The molecule has 9 nitrogen and oxygen atoms in total. The van der Waals surface area contributed by atoms with Crippen LogP contribution in [0.4, 0.5) is 11.5 Å². The van der Waals surface area contributed by atoms with Gasteiger partial charge in [-0.2, -0.15) is 0 Å². The molecule has 1 aromatic rings. The summed E-state index contributed by atoms with van der Waals surface area (Å²) in [6.07, 6.45) is 0.559. The fourth-order valence-electron chi connectivity index (χ4n) is 3.44. The summed E-state index contributed by atoms with van der Waals surface area (Å²) in [5, 5.41) is 4.10. The number of aromatic nitrogens is 2. The van der Waals surface area contributed by atoms with E-state index >= 15 is 0 Å². The summed E-state index contributed by atoms with van der Waals surface area (Å²) in [6, 6.07) is -0.193. The van der Waals surface area contributed by atoms with E-state index in [1.165, 1.54) is 18.9 Å². The lowest BCUT2D eigenvalue weighted by atomic mass is 10.2. The number of hydrogen-bond donors (Lipinski definition) is 2. The highest BCUT2D eigenvalue weighted by molar-refractivity contribution is 7.99. The molecule has 0 radical (unpaired) electrons. The summed E-state index contributed by atoms with van der Waals surface area (Å²) in [5.41, 5.74) is 6.39. The molecule has 1 aliphatic carbocycles. The van der Waals surface area contributed by atoms with Gasteiger partial charge in [-0.25, -0.2) is 14.8 Å². The molecule has 3 N–H and O–H groups in total. The number of ether oxygens (including phenoxy) is 4. The van der Waals surface area contributed by atoms with Crippen molar-refractivity contribution in [3.05, 3.63) is 5.15 Å². The second kappa shape index (κ2) is 9.22. The second-order valence-electron chi connectivity index (χ2n) is 7.38. The molecular weight excluding hydrogens is 420 g/mol. The number of anilines is 2. The Bertz CT molecular complexity index is 753. The number of nitrogens with two attached hydrogens (primary N) is 1. The fourth-order valence-corrected chi connectivity index (χ4v) is 4.36. The number of nitrogen functional groups attached to an aromatic ring is 1. The summed E-state index contributed by atoms with van der Waals surface area (Å²) in [5.74, 6) is 0.122. The van der Waals surface area contributed by atoms with E-state index in [4.69, 9.17) is 31.5 Å². The highest BCUT2D eigenvalue weighted by atomic mass is 35.5. The molecule has 1 aliphatic heterocycles. The van der Waals surface area contributed by atoms with Crippen molar-refractivity contribution in [2.45, 2.75) is 68.9 Å². The number of hydrogen-bond acceptors (Lipinski definition) is 10. The van der Waals surface area contributed by atoms with Gasteiger partial charge < -0.3 is 30.0 Å². The van der Waals surface area contributed by atoms with Gasteiger partial charge in [-0.1, -0.05) is 30.3 Å². The summed E-state index contributed by atoms with van der Waals surface area (Å²) < 4.78 is 22.5. The van der Waals surface area contributed by atoms with Gasteiger partial charge in [0.2, 0.25) is 0 Å². The molecule has 29 heavy (non-hydrogen) atoms. The first kappa shape index (κ1) is 22.4. The third-order valence-electron chi connectivity index (χ3n) is 4.69. The zero-order valence-electron chi connectivity index (χ0n) is 16.9. The SMILES string of the molecule is CCCSc1nc(Cl)c(N)c(NC2CC(OCC(=O)OC)C3OC(C)(C)OC23)n1. The first-order chi connectivity index (χ1) is 13.7. The molecule has 0 aromatic carbocycles. The van der Waals surface area contributed by atoms with E-state index in [0.29, 0.717) is 17.4 Å². The quantitative estimate of drug-likeness (QED) is 0.267. The van der Waals surface area contributed by atoms with E-state index in [0.717, 1.165) is 12.2 Å². The number of carbonyl (C=O) groups is 1. The maximum Gasteiger partial charge on any atom is 0.331 e. The normalized spacial score (nSPS) is 27.6. The van der Waals surface area contributed by atoms with E-state index in [1.54, 1.807) is 0 Å². The molecule has 11 heteroatoms. The number of methoxy groups -OCH3 is 1. The number of halogens is 1. The van der Waals surface area contributed by atoms with Gasteiger partial charge in [0.15, 0.2) is 21.9 Å². The predicted octanol–water partition coefficient (Wildman–Crippen LogP) is 2.48. The topological polar surface area (TPSA) is 118 Å². The van der Waals surface area contributed by atoms with Gasteiger partial charge >= 0.3 is 5.97 Å². The van der Waals surface area contributed by atoms with Crippen molar-refractivity contribution in [1.29, 1.82) is 0 Å². The Morgan fingerprint density at radius 2 is 2.10 bits per heavy atom. The van der Waals surface area contributed by atoms with Crippen LogP contribution in [0.2, 0.25) is 5.15 Å². The maximum atomic E-state index is 11.5. The van der Waals surface area contributed by atoms with Crippen LogP contribution in [0.3, 0.4) is 0 Å². The van der Waals surface area contributed by atoms with Crippen molar-refractivity contribution in [3.8, 4) is 0 Å². The molecule has 0 amide bonds. The van der Waals surface area contributed by atoms with Gasteiger partial charge in [-0.3, -0.25) is 0 Å². The fraction of sp³-hybridized carbons (Fsp3) is 0.722. The van der Waals surface area contributed by atoms with E-state index in [9.17, 15) is 4.79 Å². The smallest absolute Gasteiger partial charge is 0.331 e. The van der Waals surface area contributed by atoms with E-state index in [-0.39, 0.29) is 41.8 Å². The van der Waals surface area contributed by atoms with Gasteiger partial charge in [0.1, 0.15) is 24.5 Å². The van der Waals surface area contributed by atoms with Crippen LogP contribution in [-0.4, -0.2) is 65.5 Å². The highest BCUT2D eigenvalue weighted by Gasteiger charge is 2.55. The number of esters is 1. The minimum Gasteiger partial charge on any atom is -0.467 e. The molecule has 4 atom stereocenters. The number of thioether (sulfide) groups is 1. The largest absolute Gasteiger partial charge is 0.467 e. The first-order valence-electron chi connectivity index (χ1n) is 9.50. The van der Waals surface area contributed by atoms with Crippen LogP contribution in [0.1, 0.15) is 33.6 Å². The molecule has 2 aliphatic rings. The van der Waals surface area contributed by atoms with Crippen LogP contribution in [0, 0.1) is 0 Å². The van der Waals surface area contributed by atoms with Crippen LogP contribution in [0.15, 0.2) is 5.16 Å². The highest BCUT2D eigenvalue weighted by Crippen LogP contribution is 2.41. The van der Waals surface area contributed by atoms with Crippen molar-refractivity contribution in [2.75, 3.05) is 30.5 Å². The third kappa shape index (κ3) is 5.24. The van der Waals surface area contributed by atoms with E-state index in [2.05, 4.69) is 26.9 Å². The Morgan fingerprint density at radius 3 is 2.79 bits per heavy atom. The van der Waals surface area contributed by atoms with Gasteiger partial charge in [-0.15, -0.1) is 0 Å². The zero-order valence-corrected chi connectivity index (χ0v) is 18.5. The molecule has 0 spiro atoms. The lowest BCUT2D eigenvalue weighted by Gasteiger charge is -2.24. The van der Waals surface area contributed by atoms with E-state index < -0.39 is 11.8 Å². The van der Waals surface area contributed by atoms with Gasteiger partial charge in [0, 0.05) is 5.75 Å². The number of carbonyl (C=O) groups excluding carboxylic acids is 1. The van der Waals surface area contributed by atoms with Crippen molar-refractivity contribution in [3.63, 3.8) is 0 Å². The number of rotatable bonds is 8. The molecule has 1 saturated heterocycles. The second-order valence-corrected chi connectivity index (χ2v) is 8.80. The Balaban J connectivity index is 1.77. The summed E-state index contributed by atoms with van der Waals surface area (Å²) in [6.45, 7) is 5.61. The monoisotopic (exact) mass is 446 g/mol. The van der Waals surface area contributed by atoms with Gasteiger partial charge in [0.25, 0.3) is 0 Å². The zero-order chi connectivity index (χ0) is 21.2. The summed E-state index contributed by atoms with van der Waals surface area (Å²) >= 11 is 7.72. The van der Waals surface area contributed by atoms with Crippen LogP contribution < -0.4 is 11.1 Å². The Morgan fingerprint density at radius 1 is 1.38 bits per heavy atom. The third-order valence-corrected chi connectivity index (χ3v) is 6.03. The lowest BCUT2D eigenvalue weighted by molar-refractivity contribution is -0.171. The van der Waals surface area contributed by atoms with Crippen LogP contribution >= 0.6 is 23.4 Å². The van der Waals surface area contributed by atoms with Crippen molar-refractivity contribution in [2.24, 2.45) is 0 Å². The van der Waals surface area contributed by atoms with Crippen LogP contribution in [0.5, 0.6) is 0 Å². The number of nitrogens with one attached hydrogen (secondary N) is 1. The molecule has 2 fully saturated rings. The Labute approximate surface area is 179 Å². The van der Waals surface area contributed by atoms with E-state index in [1.807, 2.05) is 13.8 Å². The molecule has 1 saturated carbocycles. The number of nitrogens with zero attached hydrogens (tertiary/aromatic N) is 2. The van der Waals surface area contributed by atoms with Crippen LogP contribution in [0.25, 0.3) is 0 Å². The standard InChI is InChI=1S/C18H27ClN4O5S/c1-5-6-29-17-22-15(19)12(20)16(23-17)21-9-7-10(26-8-11(24)25-4)14-13(9)27-18(2,3)28-14/h9-10,13-14H,5-8,20H2,1-4H3,(H,21,22,23). The van der Waals surface area contributed by atoms with Crippen molar-refractivity contribution < 1.29 is 23.7 Å². The van der Waals surface area contributed by atoms with Crippen molar-refractivity contribution >= 4 is 40.8 Å². The number of fused-ring (bicyclic) bond motifs is 1. The molecule has 2 heterocycles. The van der Waals surface area contributed by atoms with Gasteiger partial charge in [-0.05, 0) is 26.7 Å². The molecule has 1 aromatic heterocycles. The minimum atomic E-state index is -0.764.